The Kier molecular flexibility index (Phi) is 4.13. The summed E-state index contributed by atoms with van der Waals surface area (Å²) in [5.41, 5.74) is 2.30. The number of rotatable bonds is 1. The summed E-state index contributed by atoms with van der Waals surface area (Å²) in [5.74, 6) is -0.779. The van der Waals surface area contributed by atoms with Crippen LogP contribution in [0.25, 0.3) is 0 Å². The first-order valence-electron chi connectivity index (χ1n) is 4.40. The van der Waals surface area contributed by atoms with Crippen molar-refractivity contribution >= 4 is 34.3 Å². The minimum atomic E-state index is -0.779. The molecule has 82 valence electrons. The molecule has 0 unspecified atom stereocenters. The summed E-state index contributed by atoms with van der Waals surface area (Å²) in [6.07, 6.45) is 0.567. The van der Waals surface area contributed by atoms with Crippen molar-refractivity contribution in [2.45, 2.75) is 19.0 Å². The van der Waals surface area contributed by atoms with E-state index in [0.717, 1.165) is 10.0 Å². The molecule has 0 radical (unpaired) electrons. The molecule has 0 amide bonds. The molecule has 5 heteroatoms. The lowest BCUT2D eigenvalue weighted by Gasteiger charge is -2.23. The fourth-order valence-electron chi connectivity index (χ4n) is 1.66. The van der Waals surface area contributed by atoms with E-state index in [1.807, 2.05) is 18.2 Å². The van der Waals surface area contributed by atoms with Crippen LogP contribution in [0.1, 0.15) is 11.1 Å². The smallest absolute Gasteiger partial charge is 0.321 e. The van der Waals surface area contributed by atoms with Crippen molar-refractivity contribution in [3.8, 4) is 0 Å². The van der Waals surface area contributed by atoms with Gasteiger partial charge in [-0.1, -0.05) is 22.0 Å². The number of carboxylic acid groups (broad SMARTS) is 1. The van der Waals surface area contributed by atoms with Gasteiger partial charge < -0.3 is 10.4 Å². The Morgan fingerprint density at radius 1 is 1.47 bits per heavy atom. The lowest BCUT2D eigenvalue weighted by atomic mass is 9.96. The van der Waals surface area contributed by atoms with E-state index in [-0.39, 0.29) is 12.4 Å². The van der Waals surface area contributed by atoms with Crippen LogP contribution < -0.4 is 5.32 Å². The summed E-state index contributed by atoms with van der Waals surface area (Å²) in [6.45, 7) is 0.631. The van der Waals surface area contributed by atoms with Gasteiger partial charge in [-0.3, -0.25) is 4.79 Å². The van der Waals surface area contributed by atoms with Gasteiger partial charge in [-0.15, -0.1) is 12.4 Å². The molecule has 3 nitrogen and oxygen atoms in total. The first kappa shape index (κ1) is 12.5. The van der Waals surface area contributed by atoms with E-state index in [4.69, 9.17) is 5.11 Å². The number of carboxylic acids is 1. The van der Waals surface area contributed by atoms with Crippen molar-refractivity contribution in [3.05, 3.63) is 33.8 Å². The van der Waals surface area contributed by atoms with Crippen molar-refractivity contribution in [2.24, 2.45) is 0 Å². The van der Waals surface area contributed by atoms with Gasteiger partial charge in [0.2, 0.25) is 0 Å². The highest BCUT2D eigenvalue weighted by Gasteiger charge is 2.23. The van der Waals surface area contributed by atoms with Crippen LogP contribution in [0.5, 0.6) is 0 Å². The van der Waals surface area contributed by atoms with Gasteiger partial charge in [0, 0.05) is 11.0 Å². The number of fused-ring (bicyclic) bond motifs is 1. The number of hydrogen-bond acceptors (Lipinski definition) is 2. The van der Waals surface area contributed by atoms with Crippen LogP contribution in [-0.4, -0.2) is 17.1 Å². The number of halogens is 2. The molecule has 1 atom stereocenters. The van der Waals surface area contributed by atoms with Gasteiger partial charge >= 0.3 is 5.97 Å². The third-order valence-electron chi connectivity index (χ3n) is 2.43. The van der Waals surface area contributed by atoms with Gasteiger partial charge in [-0.2, -0.15) is 0 Å². The minimum absolute atomic E-state index is 0. The maximum atomic E-state index is 10.8. The van der Waals surface area contributed by atoms with Gasteiger partial charge in [0.25, 0.3) is 0 Å². The molecule has 1 heterocycles. The van der Waals surface area contributed by atoms with Gasteiger partial charge in [0.1, 0.15) is 6.04 Å². The summed E-state index contributed by atoms with van der Waals surface area (Å²) in [7, 11) is 0. The zero-order valence-electron chi connectivity index (χ0n) is 7.87. The fraction of sp³-hybridized carbons (Fsp3) is 0.300. The van der Waals surface area contributed by atoms with Crippen molar-refractivity contribution < 1.29 is 9.90 Å². The molecule has 2 rings (SSSR count). The van der Waals surface area contributed by atoms with Crippen molar-refractivity contribution in [1.82, 2.24) is 5.32 Å². The molecule has 1 aliphatic heterocycles. The highest BCUT2D eigenvalue weighted by atomic mass is 79.9. The van der Waals surface area contributed by atoms with Crippen LogP contribution in [0.3, 0.4) is 0 Å². The quantitative estimate of drug-likeness (QED) is 0.832. The summed E-state index contributed by atoms with van der Waals surface area (Å²) < 4.78 is 1.03. The van der Waals surface area contributed by atoms with E-state index in [9.17, 15) is 4.79 Å². The average molecular weight is 293 g/mol. The number of nitrogens with one attached hydrogen (secondary N) is 1. The lowest BCUT2D eigenvalue weighted by Crippen LogP contribution is -2.41. The van der Waals surface area contributed by atoms with Crippen LogP contribution in [0.4, 0.5) is 0 Å². The lowest BCUT2D eigenvalue weighted by molar-refractivity contribution is -0.139. The molecule has 0 aliphatic carbocycles. The van der Waals surface area contributed by atoms with E-state index < -0.39 is 12.0 Å². The molecule has 0 saturated carbocycles. The van der Waals surface area contributed by atoms with E-state index in [0.29, 0.717) is 13.0 Å². The van der Waals surface area contributed by atoms with Crippen LogP contribution in [0.2, 0.25) is 0 Å². The largest absolute Gasteiger partial charge is 0.480 e. The Hall–Kier alpha value is -0.580. The number of hydrogen-bond donors (Lipinski definition) is 2. The Morgan fingerprint density at radius 3 is 2.87 bits per heavy atom. The van der Waals surface area contributed by atoms with Crippen LogP contribution >= 0.6 is 28.3 Å². The predicted molar refractivity (Wildman–Crippen MR) is 63.4 cm³/mol. The number of aliphatic carboxylic acids is 1. The molecule has 0 spiro atoms. The van der Waals surface area contributed by atoms with Crippen LogP contribution in [0, 0.1) is 0 Å². The second-order valence-corrected chi connectivity index (χ2v) is 4.30. The van der Waals surface area contributed by atoms with Gasteiger partial charge in [0.15, 0.2) is 0 Å². The molecule has 2 N–H and O–H groups in total. The normalized spacial score (nSPS) is 18.9. The molecule has 0 aromatic heterocycles. The van der Waals surface area contributed by atoms with Crippen LogP contribution in [0.15, 0.2) is 22.7 Å². The SMILES string of the molecule is Cl.O=C(O)[C@H]1Cc2ccc(Br)cc2CN1. The molecular weight excluding hydrogens is 281 g/mol. The molecule has 1 aromatic carbocycles. The topological polar surface area (TPSA) is 49.3 Å². The highest BCUT2D eigenvalue weighted by Crippen LogP contribution is 2.21. The maximum Gasteiger partial charge on any atom is 0.321 e. The standard InChI is InChI=1S/C10H10BrNO2.ClH/c11-8-2-1-6-4-9(10(13)14)12-5-7(6)3-8;/h1-3,9,12H,4-5H2,(H,13,14);1H/t9-;/m1./s1. The van der Waals surface area contributed by atoms with Gasteiger partial charge in [-0.25, -0.2) is 0 Å². The molecule has 1 aromatic rings. The zero-order valence-corrected chi connectivity index (χ0v) is 10.3. The van der Waals surface area contributed by atoms with E-state index in [2.05, 4.69) is 21.2 Å². The van der Waals surface area contributed by atoms with Gasteiger partial charge in [-0.05, 0) is 29.7 Å². The average Bonchev–Trinajstić information content (AvgIpc) is 2.16. The first-order valence-corrected chi connectivity index (χ1v) is 5.19. The summed E-state index contributed by atoms with van der Waals surface area (Å²) in [6, 6.07) is 5.52. The molecule has 15 heavy (non-hydrogen) atoms. The summed E-state index contributed by atoms with van der Waals surface area (Å²) in [4.78, 5) is 10.8. The Bertz CT molecular complexity index is 384. The highest BCUT2D eigenvalue weighted by molar-refractivity contribution is 9.10. The van der Waals surface area contributed by atoms with Crippen LogP contribution in [-0.2, 0) is 17.8 Å². The third kappa shape index (κ3) is 2.71. The molecule has 0 bridgehead atoms. The zero-order chi connectivity index (χ0) is 10.1. The fourth-order valence-corrected chi connectivity index (χ4v) is 2.07. The Morgan fingerprint density at radius 2 is 2.20 bits per heavy atom. The van der Waals surface area contributed by atoms with E-state index >= 15 is 0 Å². The van der Waals surface area contributed by atoms with Crippen molar-refractivity contribution in [2.75, 3.05) is 0 Å². The minimum Gasteiger partial charge on any atom is -0.480 e. The Balaban J connectivity index is 0.00000112. The number of carbonyl (C=O) groups is 1. The predicted octanol–water partition coefficient (Wildman–Crippen LogP) is 1.97. The molecule has 1 aliphatic rings. The van der Waals surface area contributed by atoms with Crippen molar-refractivity contribution in [1.29, 1.82) is 0 Å². The first-order chi connectivity index (χ1) is 6.66. The monoisotopic (exact) mass is 291 g/mol. The van der Waals surface area contributed by atoms with E-state index in [1.165, 1.54) is 5.56 Å². The second-order valence-electron chi connectivity index (χ2n) is 3.39. The summed E-state index contributed by atoms with van der Waals surface area (Å²) >= 11 is 3.39. The molecule has 0 saturated heterocycles. The molecule has 0 fully saturated rings. The Labute approximate surface area is 102 Å². The third-order valence-corrected chi connectivity index (χ3v) is 2.92. The van der Waals surface area contributed by atoms with Crippen molar-refractivity contribution in [3.63, 3.8) is 0 Å². The maximum absolute atomic E-state index is 10.8. The van der Waals surface area contributed by atoms with E-state index in [1.54, 1.807) is 0 Å². The van der Waals surface area contributed by atoms with Gasteiger partial charge in [0.05, 0.1) is 0 Å². The molecular formula is C10H11BrClNO2. The second kappa shape index (κ2) is 4.96. The number of benzene rings is 1. The summed E-state index contributed by atoms with van der Waals surface area (Å²) in [5, 5.41) is 11.8.